The number of benzene rings is 2. The molecule has 0 spiro atoms. The molecule has 0 unspecified atom stereocenters. The minimum Gasteiger partial charge on any atom is -0.497 e. The van der Waals surface area contributed by atoms with E-state index in [-0.39, 0.29) is 12.8 Å². The molecule has 2 aromatic carbocycles. The van der Waals surface area contributed by atoms with Crippen molar-refractivity contribution in [2.24, 2.45) is 0 Å². The number of amides is 2. The summed E-state index contributed by atoms with van der Waals surface area (Å²) in [5, 5.41) is 9.52. The first kappa shape index (κ1) is 14.4. The summed E-state index contributed by atoms with van der Waals surface area (Å²) in [5.41, 5.74) is 2.83. The highest BCUT2D eigenvalue weighted by Crippen LogP contribution is 2.29. The highest BCUT2D eigenvalue weighted by molar-refractivity contribution is 5.94. The van der Waals surface area contributed by atoms with Crippen molar-refractivity contribution in [3.63, 3.8) is 0 Å². The molecular formula is C17H18N2O3. The van der Waals surface area contributed by atoms with Crippen LogP contribution in [0, 0.1) is 0 Å². The lowest BCUT2D eigenvalue weighted by Gasteiger charge is -2.36. The number of urea groups is 1. The molecule has 5 heteroatoms. The van der Waals surface area contributed by atoms with Crippen LogP contribution in [-0.4, -0.2) is 29.9 Å². The lowest BCUT2D eigenvalue weighted by atomic mass is 10.1. The average Bonchev–Trinajstić information content (AvgIpc) is 2.56. The van der Waals surface area contributed by atoms with Crippen LogP contribution in [0.15, 0.2) is 48.5 Å². The lowest BCUT2D eigenvalue weighted by Crippen LogP contribution is -2.47. The molecule has 0 saturated carbocycles. The minimum atomic E-state index is -0.324. The number of hydrogen-bond acceptors (Lipinski definition) is 3. The number of aliphatic hydroxyl groups excluding tert-OH is 1. The number of rotatable bonds is 4. The first-order valence-corrected chi connectivity index (χ1v) is 7.11. The molecule has 1 aliphatic heterocycles. The second kappa shape index (κ2) is 6.07. The predicted octanol–water partition coefficient (Wildman–Crippen LogP) is 2.59. The molecule has 1 aliphatic rings. The molecule has 1 heterocycles. The molecule has 0 atom stereocenters. The summed E-state index contributed by atoms with van der Waals surface area (Å²) in [7, 11) is 1.62. The standard InChI is InChI=1S/C17H18N2O3/c1-22-15-8-6-13(7-9-15)10-18-11-14-4-2-3-5-16(14)19(12-20)17(18)21/h2-9,20H,10-12H2,1H3. The molecule has 2 amide bonds. The van der Waals surface area contributed by atoms with E-state index >= 15 is 0 Å². The Hall–Kier alpha value is -2.53. The number of anilines is 1. The smallest absolute Gasteiger partial charge is 0.327 e. The second-order valence-electron chi connectivity index (χ2n) is 5.18. The molecule has 0 aromatic heterocycles. The zero-order valence-electron chi connectivity index (χ0n) is 12.4. The van der Waals surface area contributed by atoms with E-state index in [9.17, 15) is 9.90 Å². The maximum absolute atomic E-state index is 12.5. The summed E-state index contributed by atoms with van der Waals surface area (Å²) in [5.74, 6) is 0.788. The van der Waals surface area contributed by atoms with Gasteiger partial charge in [0.15, 0.2) is 0 Å². The van der Waals surface area contributed by atoms with Crippen LogP contribution in [0.2, 0.25) is 0 Å². The third-order valence-electron chi connectivity index (χ3n) is 3.82. The molecule has 0 radical (unpaired) electrons. The van der Waals surface area contributed by atoms with Crippen LogP contribution in [0.5, 0.6) is 5.75 Å². The number of methoxy groups -OCH3 is 1. The fourth-order valence-corrected chi connectivity index (χ4v) is 2.67. The van der Waals surface area contributed by atoms with Gasteiger partial charge in [-0.25, -0.2) is 4.79 Å². The SMILES string of the molecule is COc1ccc(CN2Cc3ccccc3N(CO)C2=O)cc1. The van der Waals surface area contributed by atoms with Crippen LogP contribution in [-0.2, 0) is 13.1 Å². The molecule has 3 rings (SSSR count). The lowest BCUT2D eigenvalue weighted by molar-refractivity contribution is 0.183. The van der Waals surface area contributed by atoms with Crippen LogP contribution in [0.3, 0.4) is 0 Å². The fourth-order valence-electron chi connectivity index (χ4n) is 2.67. The van der Waals surface area contributed by atoms with Crippen LogP contribution >= 0.6 is 0 Å². The van der Waals surface area contributed by atoms with Gasteiger partial charge in [-0.05, 0) is 29.3 Å². The van der Waals surface area contributed by atoms with Crippen molar-refractivity contribution in [1.82, 2.24) is 4.90 Å². The van der Waals surface area contributed by atoms with Crippen LogP contribution < -0.4 is 9.64 Å². The van der Waals surface area contributed by atoms with Gasteiger partial charge in [-0.15, -0.1) is 0 Å². The van der Waals surface area contributed by atoms with Crippen molar-refractivity contribution < 1.29 is 14.6 Å². The zero-order chi connectivity index (χ0) is 15.5. The van der Waals surface area contributed by atoms with E-state index in [0.29, 0.717) is 13.1 Å². The summed E-state index contributed by atoms with van der Waals surface area (Å²) in [6, 6.07) is 15.1. The number of para-hydroxylation sites is 1. The van der Waals surface area contributed by atoms with Crippen molar-refractivity contribution in [3.05, 3.63) is 59.7 Å². The van der Waals surface area contributed by atoms with Gasteiger partial charge in [-0.3, -0.25) is 4.90 Å². The number of aliphatic hydroxyl groups is 1. The third-order valence-corrected chi connectivity index (χ3v) is 3.82. The maximum atomic E-state index is 12.5. The Bertz CT molecular complexity index is 670. The van der Waals surface area contributed by atoms with Gasteiger partial charge < -0.3 is 14.7 Å². The Morgan fingerprint density at radius 2 is 1.86 bits per heavy atom. The molecule has 5 nitrogen and oxygen atoms in total. The van der Waals surface area contributed by atoms with Crippen molar-refractivity contribution >= 4 is 11.7 Å². The molecular weight excluding hydrogens is 280 g/mol. The Morgan fingerprint density at radius 3 is 2.55 bits per heavy atom. The van der Waals surface area contributed by atoms with Crippen LogP contribution in [0.25, 0.3) is 0 Å². The quantitative estimate of drug-likeness (QED) is 0.944. The van der Waals surface area contributed by atoms with Gasteiger partial charge >= 0.3 is 6.03 Å². The Balaban J connectivity index is 1.84. The minimum absolute atomic E-state index is 0.183. The number of carbonyl (C=O) groups excluding carboxylic acids is 1. The topological polar surface area (TPSA) is 53.0 Å². The molecule has 0 bridgehead atoms. The summed E-state index contributed by atoms with van der Waals surface area (Å²) < 4.78 is 5.14. The summed E-state index contributed by atoms with van der Waals surface area (Å²) >= 11 is 0. The van der Waals surface area contributed by atoms with Crippen molar-refractivity contribution in [3.8, 4) is 5.75 Å². The van der Waals surface area contributed by atoms with Gasteiger partial charge in [0.2, 0.25) is 0 Å². The van der Waals surface area contributed by atoms with E-state index in [2.05, 4.69) is 0 Å². The summed E-state index contributed by atoms with van der Waals surface area (Å²) in [4.78, 5) is 15.6. The number of ether oxygens (including phenoxy) is 1. The monoisotopic (exact) mass is 298 g/mol. The number of fused-ring (bicyclic) bond motifs is 1. The maximum Gasteiger partial charge on any atom is 0.327 e. The van der Waals surface area contributed by atoms with Crippen molar-refractivity contribution in [2.45, 2.75) is 13.1 Å². The Morgan fingerprint density at radius 1 is 1.14 bits per heavy atom. The van der Waals surface area contributed by atoms with Gasteiger partial charge in [0.05, 0.1) is 12.8 Å². The zero-order valence-corrected chi connectivity index (χ0v) is 12.4. The fraction of sp³-hybridized carbons (Fsp3) is 0.235. The molecule has 114 valence electrons. The number of carbonyl (C=O) groups is 1. The third kappa shape index (κ3) is 2.63. The molecule has 2 aromatic rings. The van der Waals surface area contributed by atoms with Gasteiger partial charge in [0, 0.05) is 13.1 Å². The average molecular weight is 298 g/mol. The summed E-state index contributed by atoms with van der Waals surface area (Å²) in [6.07, 6.45) is 0. The van der Waals surface area contributed by atoms with Crippen molar-refractivity contribution in [2.75, 3.05) is 18.7 Å². The Kier molecular flexibility index (Phi) is 3.98. The van der Waals surface area contributed by atoms with Gasteiger partial charge in [-0.2, -0.15) is 0 Å². The van der Waals surface area contributed by atoms with Gasteiger partial charge in [0.1, 0.15) is 12.5 Å². The van der Waals surface area contributed by atoms with Crippen LogP contribution in [0.1, 0.15) is 11.1 Å². The van der Waals surface area contributed by atoms with E-state index in [1.807, 2.05) is 48.5 Å². The van der Waals surface area contributed by atoms with Crippen LogP contribution in [0.4, 0.5) is 10.5 Å². The van der Waals surface area contributed by atoms with E-state index in [0.717, 1.165) is 22.6 Å². The van der Waals surface area contributed by atoms with Crippen molar-refractivity contribution in [1.29, 1.82) is 0 Å². The number of hydrogen-bond donors (Lipinski definition) is 1. The Labute approximate surface area is 129 Å². The highest BCUT2D eigenvalue weighted by Gasteiger charge is 2.29. The number of nitrogens with zero attached hydrogens (tertiary/aromatic N) is 2. The first-order chi connectivity index (χ1) is 10.7. The van der Waals surface area contributed by atoms with E-state index < -0.39 is 0 Å². The van der Waals surface area contributed by atoms with E-state index in [1.165, 1.54) is 4.90 Å². The molecule has 0 saturated heterocycles. The predicted molar refractivity (Wildman–Crippen MR) is 83.6 cm³/mol. The van der Waals surface area contributed by atoms with E-state index in [1.54, 1.807) is 12.0 Å². The molecule has 22 heavy (non-hydrogen) atoms. The van der Waals surface area contributed by atoms with Gasteiger partial charge in [0.25, 0.3) is 0 Å². The highest BCUT2D eigenvalue weighted by atomic mass is 16.5. The largest absolute Gasteiger partial charge is 0.497 e. The first-order valence-electron chi connectivity index (χ1n) is 7.11. The second-order valence-corrected chi connectivity index (χ2v) is 5.18. The molecule has 1 N–H and O–H groups in total. The molecule has 0 fully saturated rings. The summed E-state index contributed by atoms with van der Waals surface area (Å²) in [6.45, 7) is 0.708. The van der Waals surface area contributed by atoms with Gasteiger partial charge in [-0.1, -0.05) is 30.3 Å². The normalized spacial score (nSPS) is 14.0. The molecule has 0 aliphatic carbocycles. The van der Waals surface area contributed by atoms with E-state index in [4.69, 9.17) is 4.74 Å².